The first-order valence-electron chi connectivity index (χ1n) is 5.88. The summed E-state index contributed by atoms with van der Waals surface area (Å²) < 4.78 is 5.37. The summed E-state index contributed by atoms with van der Waals surface area (Å²) in [4.78, 5) is 10.0. The minimum Gasteiger partial charge on any atom is -0.378 e. The van der Waals surface area contributed by atoms with Crippen molar-refractivity contribution in [2.24, 2.45) is 5.73 Å². The van der Waals surface area contributed by atoms with Gasteiger partial charge in [0, 0.05) is 37.6 Å². The van der Waals surface area contributed by atoms with Gasteiger partial charge in [-0.1, -0.05) is 0 Å². The van der Waals surface area contributed by atoms with E-state index < -0.39 is 0 Å². The van der Waals surface area contributed by atoms with Crippen LogP contribution in [0.4, 0.5) is 5.69 Å². The lowest BCUT2D eigenvalue weighted by molar-refractivity contribution is 0.123. The Bertz CT molecular complexity index is 516. The number of nitrogens with two attached hydrogens (primary N) is 1. The van der Waals surface area contributed by atoms with E-state index in [1.54, 1.807) is 0 Å². The number of anilines is 1. The first kappa shape index (κ1) is 10.6. The van der Waals surface area contributed by atoms with Gasteiger partial charge in [0.1, 0.15) is 0 Å². The molecule has 5 heteroatoms. The number of hydrogen-bond donors (Lipinski definition) is 2. The van der Waals surface area contributed by atoms with Crippen LogP contribution in [0.2, 0.25) is 0 Å². The molecule has 0 aliphatic carbocycles. The van der Waals surface area contributed by atoms with E-state index in [0.717, 1.165) is 42.9 Å². The molecule has 17 heavy (non-hydrogen) atoms. The molecule has 0 radical (unpaired) electrons. The number of ether oxygens (including phenoxy) is 1. The van der Waals surface area contributed by atoms with E-state index in [-0.39, 0.29) is 0 Å². The standard InChI is InChI=1S/C12H16N4O/c13-7-9-8-15-12-10(1-2-14-11(9)12)16-3-5-17-6-4-16/h1-2,8,15H,3-7,13H2. The SMILES string of the molecule is NCc1c[nH]c2c(N3CCOCC3)ccnc12. The Balaban J connectivity index is 2.06. The van der Waals surface area contributed by atoms with Crippen LogP contribution >= 0.6 is 0 Å². The molecule has 5 nitrogen and oxygen atoms in total. The monoisotopic (exact) mass is 232 g/mol. The fourth-order valence-corrected chi connectivity index (χ4v) is 2.29. The smallest absolute Gasteiger partial charge is 0.0945 e. The van der Waals surface area contributed by atoms with Crippen molar-refractivity contribution in [1.82, 2.24) is 9.97 Å². The Labute approximate surface area is 99.6 Å². The zero-order valence-electron chi connectivity index (χ0n) is 9.65. The van der Waals surface area contributed by atoms with Crippen LogP contribution in [0.1, 0.15) is 5.56 Å². The molecule has 3 rings (SSSR count). The Kier molecular flexibility index (Phi) is 2.70. The van der Waals surface area contributed by atoms with Crippen molar-refractivity contribution in [3.63, 3.8) is 0 Å². The molecule has 1 aliphatic rings. The van der Waals surface area contributed by atoms with Crippen LogP contribution in [0.25, 0.3) is 11.0 Å². The average Bonchev–Trinajstić information content (AvgIpc) is 2.82. The molecular formula is C12H16N4O. The zero-order valence-corrected chi connectivity index (χ0v) is 9.65. The summed E-state index contributed by atoms with van der Waals surface area (Å²) in [5.41, 5.74) is 10.0. The van der Waals surface area contributed by atoms with Crippen molar-refractivity contribution in [2.45, 2.75) is 6.54 Å². The number of nitrogens with one attached hydrogen (secondary N) is 1. The molecule has 1 aliphatic heterocycles. The maximum Gasteiger partial charge on any atom is 0.0945 e. The molecule has 1 saturated heterocycles. The predicted molar refractivity (Wildman–Crippen MR) is 67.0 cm³/mol. The lowest BCUT2D eigenvalue weighted by atomic mass is 10.2. The van der Waals surface area contributed by atoms with Crippen molar-refractivity contribution in [3.8, 4) is 0 Å². The minimum absolute atomic E-state index is 0.513. The van der Waals surface area contributed by atoms with Crippen LogP contribution in [0.3, 0.4) is 0 Å². The molecule has 0 atom stereocenters. The van der Waals surface area contributed by atoms with E-state index in [9.17, 15) is 0 Å². The third-order valence-corrected chi connectivity index (χ3v) is 3.20. The Morgan fingerprint density at radius 3 is 3.00 bits per heavy atom. The van der Waals surface area contributed by atoms with Crippen molar-refractivity contribution in [1.29, 1.82) is 0 Å². The number of aromatic nitrogens is 2. The van der Waals surface area contributed by atoms with Gasteiger partial charge >= 0.3 is 0 Å². The molecule has 0 bridgehead atoms. The maximum absolute atomic E-state index is 5.70. The second-order valence-electron chi connectivity index (χ2n) is 4.17. The minimum atomic E-state index is 0.513. The fraction of sp³-hybridized carbons (Fsp3) is 0.417. The largest absolute Gasteiger partial charge is 0.378 e. The first-order chi connectivity index (χ1) is 8.40. The topological polar surface area (TPSA) is 67.2 Å². The van der Waals surface area contributed by atoms with Crippen molar-refractivity contribution in [2.75, 3.05) is 31.2 Å². The van der Waals surface area contributed by atoms with Crippen LogP contribution in [0.5, 0.6) is 0 Å². The van der Waals surface area contributed by atoms with E-state index in [4.69, 9.17) is 10.5 Å². The van der Waals surface area contributed by atoms with Gasteiger partial charge in [-0.05, 0) is 6.07 Å². The normalized spacial score (nSPS) is 16.6. The molecule has 3 N–H and O–H groups in total. The molecule has 2 aromatic heterocycles. The van der Waals surface area contributed by atoms with E-state index >= 15 is 0 Å². The van der Waals surface area contributed by atoms with Gasteiger partial charge in [-0.15, -0.1) is 0 Å². The van der Waals surface area contributed by atoms with Crippen molar-refractivity contribution in [3.05, 3.63) is 24.0 Å². The third kappa shape index (κ3) is 1.77. The second-order valence-corrected chi connectivity index (χ2v) is 4.17. The Morgan fingerprint density at radius 2 is 2.24 bits per heavy atom. The molecular weight excluding hydrogens is 216 g/mol. The number of H-pyrrole nitrogens is 1. The van der Waals surface area contributed by atoms with Crippen LogP contribution < -0.4 is 10.6 Å². The van der Waals surface area contributed by atoms with Crippen molar-refractivity contribution < 1.29 is 4.74 Å². The summed E-state index contributed by atoms with van der Waals surface area (Å²) in [5.74, 6) is 0. The van der Waals surface area contributed by atoms with Crippen LogP contribution in [0, 0.1) is 0 Å². The predicted octanol–water partition coefficient (Wildman–Crippen LogP) is 0.858. The molecule has 1 fully saturated rings. The van der Waals surface area contributed by atoms with Gasteiger partial charge in [0.2, 0.25) is 0 Å². The number of morpholine rings is 1. The summed E-state index contributed by atoms with van der Waals surface area (Å²) in [6.07, 6.45) is 3.79. The lowest BCUT2D eigenvalue weighted by Crippen LogP contribution is -2.36. The number of rotatable bonds is 2. The summed E-state index contributed by atoms with van der Waals surface area (Å²) in [6, 6.07) is 2.05. The van der Waals surface area contributed by atoms with E-state index in [0.29, 0.717) is 6.54 Å². The summed E-state index contributed by atoms with van der Waals surface area (Å²) >= 11 is 0. The van der Waals surface area contributed by atoms with E-state index in [2.05, 4.69) is 14.9 Å². The number of pyridine rings is 1. The van der Waals surface area contributed by atoms with E-state index in [1.165, 1.54) is 5.69 Å². The molecule has 3 heterocycles. The lowest BCUT2D eigenvalue weighted by Gasteiger charge is -2.29. The highest BCUT2D eigenvalue weighted by Gasteiger charge is 2.15. The highest BCUT2D eigenvalue weighted by atomic mass is 16.5. The Morgan fingerprint density at radius 1 is 1.41 bits per heavy atom. The number of hydrogen-bond acceptors (Lipinski definition) is 4. The molecule has 0 spiro atoms. The van der Waals surface area contributed by atoms with Gasteiger partial charge in [-0.25, -0.2) is 0 Å². The molecule has 2 aromatic rings. The zero-order chi connectivity index (χ0) is 11.7. The molecule has 0 saturated carbocycles. The van der Waals surface area contributed by atoms with Gasteiger partial charge < -0.3 is 20.4 Å². The molecule has 90 valence electrons. The summed E-state index contributed by atoms with van der Waals surface area (Å²) in [5, 5.41) is 0. The highest BCUT2D eigenvalue weighted by Crippen LogP contribution is 2.26. The second kappa shape index (κ2) is 4.35. The maximum atomic E-state index is 5.70. The number of aromatic amines is 1. The first-order valence-corrected chi connectivity index (χ1v) is 5.88. The van der Waals surface area contributed by atoms with Gasteiger partial charge in [0.05, 0.1) is 29.9 Å². The van der Waals surface area contributed by atoms with Crippen LogP contribution in [-0.2, 0) is 11.3 Å². The fourth-order valence-electron chi connectivity index (χ4n) is 2.29. The van der Waals surface area contributed by atoms with Gasteiger partial charge in [-0.3, -0.25) is 4.98 Å². The van der Waals surface area contributed by atoms with Crippen molar-refractivity contribution >= 4 is 16.7 Å². The molecule has 0 aromatic carbocycles. The summed E-state index contributed by atoms with van der Waals surface area (Å²) in [7, 11) is 0. The molecule has 0 unspecified atom stereocenters. The summed E-state index contributed by atoms with van der Waals surface area (Å²) in [6.45, 7) is 3.94. The van der Waals surface area contributed by atoms with E-state index in [1.807, 2.05) is 18.5 Å². The quantitative estimate of drug-likeness (QED) is 0.806. The molecule has 0 amide bonds. The van der Waals surface area contributed by atoms with Gasteiger partial charge in [0.25, 0.3) is 0 Å². The number of nitrogens with zero attached hydrogens (tertiary/aromatic N) is 2. The third-order valence-electron chi connectivity index (χ3n) is 3.20. The number of fused-ring (bicyclic) bond motifs is 1. The van der Waals surface area contributed by atoms with Gasteiger partial charge in [0.15, 0.2) is 0 Å². The average molecular weight is 232 g/mol. The van der Waals surface area contributed by atoms with Crippen LogP contribution in [-0.4, -0.2) is 36.3 Å². The highest BCUT2D eigenvalue weighted by molar-refractivity contribution is 5.90. The Hall–Kier alpha value is -1.59. The van der Waals surface area contributed by atoms with Crippen LogP contribution in [0.15, 0.2) is 18.5 Å². The van der Waals surface area contributed by atoms with Gasteiger partial charge in [-0.2, -0.15) is 0 Å².